The first-order chi connectivity index (χ1) is 9.74. The fourth-order valence-electron chi connectivity index (χ4n) is 1.80. The monoisotopic (exact) mass is 337 g/mol. The Bertz CT molecular complexity index is 578. The second kappa shape index (κ2) is 7.09. The van der Waals surface area contributed by atoms with Crippen LogP contribution in [0.5, 0.6) is 11.6 Å². The number of aromatic nitrogens is 2. The van der Waals surface area contributed by atoms with Gasteiger partial charge in [-0.3, -0.25) is 0 Å². The molecule has 0 fully saturated rings. The third-order valence-corrected chi connectivity index (χ3v) is 3.32. The maximum atomic E-state index is 5.32. The van der Waals surface area contributed by atoms with Gasteiger partial charge in [0.2, 0.25) is 11.8 Å². The maximum absolute atomic E-state index is 5.32. The van der Waals surface area contributed by atoms with E-state index in [9.17, 15) is 0 Å². The lowest BCUT2D eigenvalue weighted by molar-refractivity contribution is 0.394. The summed E-state index contributed by atoms with van der Waals surface area (Å²) in [5, 5.41) is 3.17. The molecule has 1 N–H and O–H groups in total. The van der Waals surface area contributed by atoms with Gasteiger partial charge in [-0.05, 0) is 34.0 Å². The summed E-state index contributed by atoms with van der Waals surface area (Å²) in [5.74, 6) is 1.95. The molecular formula is C14H16BrN3O2. The average Bonchev–Trinajstić information content (AvgIpc) is 2.49. The summed E-state index contributed by atoms with van der Waals surface area (Å²) in [6.45, 7) is 0.713. The molecule has 106 valence electrons. The molecule has 2 rings (SSSR count). The van der Waals surface area contributed by atoms with Crippen LogP contribution in [0.3, 0.4) is 0 Å². The van der Waals surface area contributed by atoms with Gasteiger partial charge >= 0.3 is 0 Å². The molecule has 2 aromatic rings. The Labute approximate surface area is 126 Å². The highest BCUT2D eigenvalue weighted by atomic mass is 79.9. The number of benzene rings is 1. The summed E-state index contributed by atoms with van der Waals surface area (Å²) < 4.78 is 11.2. The molecule has 1 heterocycles. The molecule has 0 saturated carbocycles. The van der Waals surface area contributed by atoms with Crippen molar-refractivity contribution in [1.82, 2.24) is 9.97 Å². The van der Waals surface area contributed by atoms with Crippen molar-refractivity contribution in [2.45, 2.75) is 6.42 Å². The lowest BCUT2D eigenvalue weighted by atomic mass is 10.1. The summed E-state index contributed by atoms with van der Waals surface area (Å²) in [4.78, 5) is 8.42. The normalized spacial score (nSPS) is 10.2. The molecule has 0 spiro atoms. The van der Waals surface area contributed by atoms with Gasteiger partial charge in [0.05, 0.1) is 24.9 Å². The molecule has 0 saturated heterocycles. The fourth-order valence-corrected chi connectivity index (χ4v) is 2.15. The highest BCUT2D eigenvalue weighted by molar-refractivity contribution is 9.10. The van der Waals surface area contributed by atoms with E-state index in [0.29, 0.717) is 18.4 Å². The van der Waals surface area contributed by atoms with Crippen LogP contribution in [-0.2, 0) is 6.42 Å². The van der Waals surface area contributed by atoms with E-state index in [-0.39, 0.29) is 0 Å². The van der Waals surface area contributed by atoms with Gasteiger partial charge in [0, 0.05) is 6.54 Å². The van der Waals surface area contributed by atoms with E-state index < -0.39 is 0 Å². The minimum atomic E-state index is 0.514. The Hall–Kier alpha value is -1.82. The number of halogens is 1. The SMILES string of the molecule is COc1ccccc1CCNc1ncc(Br)c(OC)n1. The van der Waals surface area contributed by atoms with Crippen molar-refractivity contribution in [3.05, 3.63) is 40.5 Å². The van der Waals surface area contributed by atoms with Crippen LogP contribution in [0.2, 0.25) is 0 Å². The van der Waals surface area contributed by atoms with E-state index in [1.807, 2.05) is 24.3 Å². The average molecular weight is 338 g/mol. The third-order valence-electron chi connectivity index (χ3n) is 2.78. The highest BCUT2D eigenvalue weighted by Crippen LogP contribution is 2.22. The predicted molar refractivity (Wildman–Crippen MR) is 81.5 cm³/mol. The van der Waals surface area contributed by atoms with Crippen LogP contribution in [-0.4, -0.2) is 30.7 Å². The van der Waals surface area contributed by atoms with Crippen molar-refractivity contribution in [1.29, 1.82) is 0 Å². The Morgan fingerprint density at radius 1 is 1.20 bits per heavy atom. The van der Waals surface area contributed by atoms with Crippen LogP contribution in [0.25, 0.3) is 0 Å². The van der Waals surface area contributed by atoms with Crippen LogP contribution in [0.1, 0.15) is 5.56 Å². The van der Waals surface area contributed by atoms with Crippen LogP contribution < -0.4 is 14.8 Å². The van der Waals surface area contributed by atoms with E-state index in [1.54, 1.807) is 20.4 Å². The molecule has 0 radical (unpaired) electrons. The molecule has 5 nitrogen and oxygen atoms in total. The zero-order chi connectivity index (χ0) is 14.4. The molecule has 20 heavy (non-hydrogen) atoms. The van der Waals surface area contributed by atoms with Gasteiger partial charge in [0.25, 0.3) is 0 Å². The van der Waals surface area contributed by atoms with Gasteiger partial charge in [-0.25, -0.2) is 4.98 Å². The van der Waals surface area contributed by atoms with Crippen molar-refractivity contribution in [3.8, 4) is 11.6 Å². The van der Waals surface area contributed by atoms with E-state index in [2.05, 4.69) is 31.2 Å². The number of methoxy groups -OCH3 is 2. The highest BCUT2D eigenvalue weighted by Gasteiger charge is 2.05. The maximum Gasteiger partial charge on any atom is 0.232 e. The number of para-hydroxylation sites is 1. The van der Waals surface area contributed by atoms with Gasteiger partial charge in [-0.1, -0.05) is 18.2 Å². The van der Waals surface area contributed by atoms with E-state index in [4.69, 9.17) is 9.47 Å². The van der Waals surface area contributed by atoms with Crippen molar-refractivity contribution >= 4 is 21.9 Å². The molecule has 0 aliphatic rings. The van der Waals surface area contributed by atoms with Crippen molar-refractivity contribution in [3.63, 3.8) is 0 Å². The van der Waals surface area contributed by atoms with E-state index >= 15 is 0 Å². The Kier molecular flexibility index (Phi) is 5.17. The first-order valence-corrected chi connectivity index (χ1v) is 6.96. The van der Waals surface area contributed by atoms with Gasteiger partial charge in [0.1, 0.15) is 5.75 Å². The molecule has 0 bridgehead atoms. The molecule has 0 atom stereocenters. The summed E-state index contributed by atoms with van der Waals surface area (Å²) in [6.07, 6.45) is 2.49. The molecule has 0 aliphatic heterocycles. The largest absolute Gasteiger partial charge is 0.496 e. The van der Waals surface area contributed by atoms with Crippen molar-refractivity contribution in [2.24, 2.45) is 0 Å². The first-order valence-electron chi connectivity index (χ1n) is 6.17. The van der Waals surface area contributed by atoms with Crippen LogP contribution in [0.4, 0.5) is 5.95 Å². The molecule has 0 amide bonds. The lowest BCUT2D eigenvalue weighted by Crippen LogP contribution is -2.09. The van der Waals surface area contributed by atoms with Crippen LogP contribution in [0.15, 0.2) is 34.9 Å². The first kappa shape index (κ1) is 14.6. The molecule has 6 heteroatoms. The molecular weight excluding hydrogens is 322 g/mol. The van der Waals surface area contributed by atoms with Gasteiger partial charge in [-0.15, -0.1) is 0 Å². The standard InChI is InChI=1S/C14H16BrN3O2/c1-19-12-6-4-3-5-10(12)7-8-16-14-17-9-11(15)13(18-14)20-2/h3-6,9H,7-8H2,1-2H3,(H,16,17,18). The predicted octanol–water partition coefficient (Wildman–Crippen LogP) is 2.91. The lowest BCUT2D eigenvalue weighted by Gasteiger charge is -2.09. The minimum absolute atomic E-state index is 0.514. The van der Waals surface area contributed by atoms with Crippen molar-refractivity contribution in [2.75, 3.05) is 26.1 Å². The summed E-state index contributed by atoms with van der Waals surface area (Å²) >= 11 is 3.32. The smallest absolute Gasteiger partial charge is 0.232 e. The number of hydrogen-bond donors (Lipinski definition) is 1. The molecule has 1 aromatic carbocycles. The number of nitrogens with one attached hydrogen (secondary N) is 1. The Morgan fingerprint density at radius 3 is 2.75 bits per heavy atom. The zero-order valence-electron chi connectivity index (χ0n) is 11.4. The summed E-state index contributed by atoms with van der Waals surface area (Å²) in [6, 6.07) is 7.95. The van der Waals surface area contributed by atoms with E-state index in [1.165, 1.54) is 0 Å². The van der Waals surface area contributed by atoms with Gasteiger partial charge in [0.15, 0.2) is 0 Å². The quantitative estimate of drug-likeness (QED) is 0.878. The third kappa shape index (κ3) is 3.60. The number of hydrogen-bond acceptors (Lipinski definition) is 5. The van der Waals surface area contributed by atoms with Crippen molar-refractivity contribution < 1.29 is 9.47 Å². The summed E-state index contributed by atoms with van der Waals surface area (Å²) in [7, 11) is 3.25. The molecule has 1 aromatic heterocycles. The number of nitrogens with zero attached hydrogens (tertiary/aromatic N) is 2. The second-order valence-corrected chi connectivity index (χ2v) is 4.89. The number of anilines is 1. The second-order valence-electron chi connectivity index (χ2n) is 4.04. The minimum Gasteiger partial charge on any atom is -0.496 e. The van der Waals surface area contributed by atoms with Gasteiger partial charge < -0.3 is 14.8 Å². The Morgan fingerprint density at radius 2 is 2.00 bits per heavy atom. The summed E-state index contributed by atoms with van der Waals surface area (Å²) in [5.41, 5.74) is 1.14. The number of rotatable bonds is 6. The molecule has 0 unspecified atom stereocenters. The molecule has 0 aliphatic carbocycles. The van der Waals surface area contributed by atoms with E-state index in [0.717, 1.165) is 22.2 Å². The zero-order valence-corrected chi connectivity index (χ0v) is 13.0. The van der Waals surface area contributed by atoms with Crippen LogP contribution >= 0.6 is 15.9 Å². The van der Waals surface area contributed by atoms with Crippen LogP contribution in [0, 0.1) is 0 Å². The van der Waals surface area contributed by atoms with Gasteiger partial charge in [-0.2, -0.15) is 4.98 Å². The fraction of sp³-hybridized carbons (Fsp3) is 0.286. The topological polar surface area (TPSA) is 56.3 Å². The Balaban J connectivity index is 1.96. The number of ether oxygens (including phenoxy) is 2.